The van der Waals surface area contributed by atoms with E-state index in [2.05, 4.69) is 10.1 Å². The molecular formula is C13H16FNO3. The molecule has 0 spiro atoms. The molecule has 0 aromatic heterocycles. The second-order valence-corrected chi connectivity index (χ2v) is 4.27. The van der Waals surface area contributed by atoms with Crippen molar-refractivity contribution in [1.29, 1.82) is 0 Å². The van der Waals surface area contributed by atoms with Crippen LogP contribution in [0.25, 0.3) is 0 Å². The van der Waals surface area contributed by atoms with Crippen LogP contribution in [0.2, 0.25) is 0 Å². The van der Waals surface area contributed by atoms with Gasteiger partial charge in [0.05, 0.1) is 7.11 Å². The lowest BCUT2D eigenvalue weighted by Crippen LogP contribution is -2.18. The number of esters is 1. The number of rotatable bonds is 6. The Bertz CT molecular complexity index is 432. The van der Waals surface area contributed by atoms with Gasteiger partial charge in [0.2, 0.25) is 0 Å². The number of carbonyl (C=O) groups is 1. The molecule has 0 amide bonds. The first-order chi connectivity index (χ1) is 8.69. The molecule has 1 aromatic rings. The molecule has 4 nitrogen and oxygen atoms in total. The number of nitrogens with one attached hydrogen (secondary N) is 1. The van der Waals surface area contributed by atoms with Crippen LogP contribution in [-0.4, -0.2) is 25.7 Å². The summed E-state index contributed by atoms with van der Waals surface area (Å²) in [5.74, 6) is -0.261. The average Bonchev–Trinajstić information content (AvgIpc) is 3.18. The summed E-state index contributed by atoms with van der Waals surface area (Å²) in [5, 5.41) is 3.28. The molecule has 1 N–H and O–H groups in total. The fraction of sp³-hybridized carbons (Fsp3) is 0.462. The normalized spacial score (nSPS) is 14.3. The molecule has 0 radical (unpaired) electrons. The van der Waals surface area contributed by atoms with E-state index in [4.69, 9.17) is 4.74 Å². The predicted molar refractivity (Wildman–Crippen MR) is 63.8 cm³/mol. The Morgan fingerprint density at radius 1 is 1.50 bits per heavy atom. The fourth-order valence-corrected chi connectivity index (χ4v) is 1.56. The van der Waals surface area contributed by atoms with Crippen molar-refractivity contribution < 1.29 is 18.7 Å². The van der Waals surface area contributed by atoms with E-state index in [0.717, 1.165) is 12.8 Å². The Kier molecular flexibility index (Phi) is 4.15. The molecule has 1 aromatic carbocycles. The highest BCUT2D eigenvalue weighted by atomic mass is 19.1. The molecule has 0 saturated heterocycles. The van der Waals surface area contributed by atoms with Crippen LogP contribution in [-0.2, 0) is 16.1 Å². The Balaban J connectivity index is 1.99. The van der Waals surface area contributed by atoms with E-state index in [-0.39, 0.29) is 12.4 Å². The number of hydrogen-bond donors (Lipinski definition) is 1. The third-order valence-electron chi connectivity index (χ3n) is 2.75. The molecule has 18 heavy (non-hydrogen) atoms. The summed E-state index contributed by atoms with van der Waals surface area (Å²) in [7, 11) is 1.30. The lowest BCUT2D eigenvalue weighted by atomic mass is 10.2. The van der Waals surface area contributed by atoms with E-state index >= 15 is 0 Å². The van der Waals surface area contributed by atoms with Gasteiger partial charge in [-0.05, 0) is 31.0 Å². The molecule has 0 aliphatic heterocycles. The first-order valence-corrected chi connectivity index (χ1v) is 5.90. The van der Waals surface area contributed by atoms with Crippen LogP contribution in [0.15, 0.2) is 18.2 Å². The molecule has 1 saturated carbocycles. The monoisotopic (exact) mass is 253 g/mol. The Labute approximate surface area is 105 Å². The Hall–Kier alpha value is -1.62. The largest absolute Gasteiger partial charge is 0.482 e. The number of ether oxygens (including phenoxy) is 2. The predicted octanol–water partition coefficient (Wildman–Crippen LogP) is 1.63. The summed E-state index contributed by atoms with van der Waals surface area (Å²) in [4.78, 5) is 11.0. The van der Waals surface area contributed by atoms with Crippen LogP contribution >= 0.6 is 0 Å². The topological polar surface area (TPSA) is 47.6 Å². The lowest BCUT2D eigenvalue weighted by Gasteiger charge is -2.11. The smallest absolute Gasteiger partial charge is 0.343 e. The lowest BCUT2D eigenvalue weighted by molar-refractivity contribution is -0.142. The van der Waals surface area contributed by atoms with Gasteiger partial charge in [0.25, 0.3) is 0 Å². The van der Waals surface area contributed by atoms with Crippen LogP contribution in [0.5, 0.6) is 5.75 Å². The minimum absolute atomic E-state index is 0.168. The van der Waals surface area contributed by atoms with Crippen LogP contribution in [0.3, 0.4) is 0 Å². The van der Waals surface area contributed by atoms with Gasteiger partial charge in [0.1, 0.15) is 11.6 Å². The van der Waals surface area contributed by atoms with Crippen molar-refractivity contribution in [1.82, 2.24) is 5.32 Å². The standard InChI is InChI=1S/C13H16FNO3/c1-17-13(16)8-18-12-5-2-10(14)6-9(12)7-15-11-3-4-11/h2,5-6,11,15H,3-4,7-8H2,1H3. The molecule has 0 bridgehead atoms. The van der Waals surface area contributed by atoms with Crippen LogP contribution < -0.4 is 10.1 Å². The van der Waals surface area contributed by atoms with Crippen molar-refractivity contribution >= 4 is 5.97 Å². The summed E-state index contributed by atoms with van der Waals surface area (Å²) < 4.78 is 23.0. The van der Waals surface area contributed by atoms with Crippen LogP contribution in [0.4, 0.5) is 4.39 Å². The summed E-state index contributed by atoms with van der Waals surface area (Å²) in [6, 6.07) is 4.79. The average molecular weight is 253 g/mol. The van der Waals surface area contributed by atoms with E-state index in [9.17, 15) is 9.18 Å². The highest BCUT2D eigenvalue weighted by Gasteiger charge is 2.20. The maximum absolute atomic E-state index is 13.2. The van der Waals surface area contributed by atoms with Gasteiger partial charge in [-0.2, -0.15) is 0 Å². The van der Waals surface area contributed by atoms with Gasteiger partial charge < -0.3 is 14.8 Å². The molecule has 0 unspecified atom stereocenters. The number of halogens is 1. The Morgan fingerprint density at radius 3 is 2.94 bits per heavy atom. The molecule has 0 atom stereocenters. The molecule has 1 fully saturated rings. The number of benzene rings is 1. The molecule has 1 aliphatic rings. The summed E-state index contributed by atoms with van der Waals surface area (Å²) in [6.07, 6.45) is 2.32. The zero-order chi connectivity index (χ0) is 13.0. The fourth-order valence-electron chi connectivity index (χ4n) is 1.56. The molecule has 0 heterocycles. The van der Waals surface area contributed by atoms with Gasteiger partial charge in [0, 0.05) is 18.2 Å². The van der Waals surface area contributed by atoms with Crippen molar-refractivity contribution in [2.45, 2.75) is 25.4 Å². The van der Waals surface area contributed by atoms with Gasteiger partial charge in [-0.1, -0.05) is 0 Å². The van der Waals surface area contributed by atoms with Crippen LogP contribution in [0.1, 0.15) is 18.4 Å². The summed E-state index contributed by atoms with van der Waals surface area (Å²) in [6.45, 7) is 0.373. The van der Waals surface area contributed by atoms with Gasteiger partial charge >= 0.3 is 5.97 Å². The van der Waals surface area contributed by atoms with Crippen molar-refractivity contribution in [2.75, 3.05) is 13.7 Å². The molecule has 2 rings (SSSR count). The number of carbonyl (C=O) groups excluding carboxylic acids is 1. The summed E-state index contributed by atoms with van der Waals surface area (Å²) >= 11 is 0. The Morgan fingerprint density at radius 2 is 2.28 bits per heavy atom. The van der Waals surface area contributed by atoms with E-state index < -0.39 is 5.97 Å². The molecule has 5 heteroatoms. The van der Waals surface area contributed by atoms with Crippen molar-refractivity contribution in [3.05, 3.63) is 29.6 Å². The van der Waals surface area contributed by atoms with Crippen molar-refractivity contribution in [3.63, 3.8) is 0 Å². The zero-order valence-electron chi connectivity index (χ0n) is 10.2. The van der Waals surface area contributed by atoms with E-state index in [1.807, 2.05) is 0 Å². The second-order valence-electron chi connectivity index (χ2n) is 4.27. The first kappa shape index (κ1) is 12.8. The minimum atomic E-state index is -0.458. The van der Waals surface area contributed by atoms with Gasteiger partial charge in [0.15, 0.2) is 6.61 Å². The van der Waals surface area contributed by atoms with E-state index in [1.165, 1.54) is 25.3 Å². The zero-order valence-corrected chi connectivity index (χ0v) is 10.2. The highest BCUT2D eigenvalue weighted by Crippen LogP contribution is 2.23. The number of hydrogen-bond acceptors (Lipinski definition) is 4. The van der Waals surface area contributed by atoms with Gasteiger partial charge in [-0.15, -0.1) is 0 Å². The molecule has 98 valence electrons. The minimum Gasteiger partial charge on any atom is -0.482 e. The maximum atomic E-state index is 13.2. The quantitative estimate of drug-likeness (QED) is 0.783. The SMILES string of the molecule is COC(=O)COc1ccc(F)cc1CNC1CC1. The van der Waals surface area contributed by atoms with Crippen LogP contribution in [0, 0.1) is 5.82 Å². The van der Waals surface area contributed by atoms with E-state index in [1.54, 1.807) is 0 Å². The molecule has 1 aliphatic carbocycles. The van der Waals surface area contributed by atoms with Gasteiger partial charge in [-0.3, -0.25) is 0 Å². The molecular weight excluding hydrogens is 237 g/mol. The van der Waals surface area contributed by atoms with Crippen molar-refractivity contribution in [3.8, 4) is 5.75 Å². The third kappa shape index (κ3) is 3.70. The van der Waals surface area contributed by atoms with Gasteiger partial charge in [-0.25, -0.2) is 9.18 Å². The number of methoxy groups -OCH3 is 1. The second kappa shape index (κ2) is 5.82. The van der Waals surface area contributed by atoms with E-state index in [0.29, 0.717) is 23.9 Å². The highest BCUT2D eigenvalue weighted by molar-refractivity contribution is 5.70. The van der Waals surface area contributed by atoms with Crippen molar-refractivity contribution in [2.24, 2.45) is 0 Å². The maximum Gasteiger partial charge on any atom is 0.343 e. The first-order valence-electron chi connectivity index (χ1n) is 5.90. The summed E-state index contributed by atoms with van der Waals surface area (Å²) in [5.41, 5.74) is 0.714. The third-order valence-corrected chi connectivity index (χ3v) is 2.75.